The van der Waals surface area contributed by atoms with Gasteiger partial charge in [0.05, 0.1) is 6.02 Å². The Morgan fingerprint density at radius 3 is 2.50 bits per heavy atom. The first-order chi connectivity index (χ1) is 6.00. The number of aliphatic imine (C=N–C) groups is 1. The maximum Gasteiger partial charge on any atom is 1.00 e. The number of carbonyl (C=O) groups is 2. The van der Waals surface area contributed by atoms with E-state index in [-0.39, 0.29) is 35.5 Å². The van der Waals surface area contributed by atoms with Crippen LogP contribution in [0.3, 0.4) is 0 Å². The van der Waals surface area contributed by atoms with E-state index in [1.165, 1.54) is 0 Å². The molecule has 2 amide bonds. The summed E-state index contributed by atoms with van der Waals surface area (Å²) in [6.45, 7) is 3.80. The number of nitrogens with zero attached hydrogens (tertiary/aromatic N) is 1. The first kappa shape index (κ1) is 13.6. The summed E-state index contributed by atoms with van der Waals surface area (Å²) in [6.07, 6.45) is 0.432. The van der Waals surface area contributed by atoms with Crippen LogP contribution in [-0.4, -0.2) is 17.8 Å². The molecule has 0 fully saturated rings. The first-order valence-corrected chi connectivity index (χ1v) is 4.11. The van der Waals surface area contributed by atoms with Crippen molar-refractivity contribution in [2.45, 2.75) is 20.3 Å². The largest absolute Gasteiger partial charge is 1.00 e. The van der Waals surface area contributed by atoms with Crippen LogP contribution in [0.25, 0.3) is 0 Å². The number of amides is 2. The van der Waals surface area contributed by atoms with Crippen molar-refractivity contribution < 1.29 is 44.3 Å². The van der Waals surface area contributed by atoms with E-state index >= 15 is 0 Å². The fourth-order valence-corrected chi connectivity index (χ4v) is 1.19. The molecule has 0 aromatic carbocycles. The van der Waals surface area contributed by atoms with Gasteiger partial charge in [0.1, 0.15) is 5.92 Å². The van der Waals surface area contributed by atoms with Crippen LogP contribution < -0.4 is 40.0 Å². The fraction of sp³-hybridized carbons (Fsp3) is 0.625. The summed E-state index contributed by atoms with van der Waals surface area (Å²) >= 11 is 0. The molecular weight excluding hydrogens is 195 g/mol. The Morgan fingerprint density at radius 2 is 2.07 bits per heavy atom. The Balaban J connectivity index is 0.00000169. The van der Waals surface area contributed by atoms with Crippen molar-refractivity contribution in [1.29, 1.82) is 0 Å². The van der Waals surface area contributed by atoms with E-state index in [2.05, 4.69) is 4.99 Å². The Hall–Kier alpha value is -0.390. The number of nitrogens with one attached hydrogen (secondary N) is 1. The van der Waals surface area contributed by atoms with E-state index in [1.54, 1.807) is 0 Å². The minimum atomic E-state index is -0.852. The van der Waals surface area contributed by atoms with E-state index in [0.29, 0.717) is 6.42 Å². The molecule has 5 nitrogen and oxygen atoms in total. The molecule has 0 saturated heterocycles. The molecule has 72 valence electrons. The molecule has 0 spiro atoms. The van der Waals surface area contributed by atoms with E-state index in [0.717, 1.165) is 0 Å². The Labute approximate surface area is 104 Å². The number of hydrogen-bond acceptors (Lipinski definition) is 3. The third-order valence-electron chi connectivity index (χ3n) is 1.76. The second-order valence-corrected chi connectivity index (χ2v) is 3.43. The van der Waals surface area contributed by atoms with Gasteiger partial charge in [-0.15, -0.1) is 0 Å². The summed E-state index contributed by atoms with van der Waals surface area (Å²) in [5, 5.41) is 12.6. The van der Waals surface area contributed by atoms with Gasteiger partial charge in [-0.05, 0) is 12.3 Å². The zero-order chi connectivity index (χ0) is 10.0. The minimum absolute atomic E-state index is 0. The second kappa shape index (κ2) is 5.48. The van der Waals surface area contributed by atoms with Crippen molar-refractivity contribution in [3.8, 4) is 0 Å². The second-order valence-electron chi connectivity index (χ2n) is 3.43. The van der Waals surface area contributed by atoms with E-state index in [1.807, 2.05) is 19.2 Å². The van der Waals surface area contributed by atoms with Gasteiger partial charge in [-0.1, -0.05) is 13.8 Å². The van der Waals surface area contributed by atoms with E-state index in [9.17, 15) is 14.7 Å². The van der Waals surface area contributed by atoms with Crippen molar-refractivity contribution in [2.24, 2.45) is 16.8 Å². The van der Waals surface area contributed by atoms with Gasteiger partial charge < -0.3 is 10.4 Å². The zero-order valence-electron chi connectivity index (χ0n) is 8.53. The fourth-order valence-electron chi connectivity index (χ4n) is 1.19. The predicted molar refractivity (Wildman–Crippen MR) is 43.5 cm³/mol. The molecule has 0 radical (unpaired) electrons. The standard InChI is InChI=1S/C8H12N2O3.Na/c1-4(2)3-5-6(11)9-8(13)10-7(5)12;/h4-5H,3H2,1-2H3,(H2,9,10,11,12,13);/q;+1/p-1. The van der Waals surface area contributed by atoms with Gasteiger partial charge in [-0.3, -0.25) is 9.59 Å². The zero-order valence-corrected chi connectivity index (χ0v) is 10.5. The van der Waals surface area contributed by atoms with E-state index in [4.69, 9.17) is 0 Å². The quantitative estimate of drug-likeness (QED) is 0.369. The van der Waals surface area contributed by atoms with Crippen molar-refractivity contribution in [3.63, 3.8) is 0 Å². The van der Waals surface area contributed by atoms with Crippen molar-refractivity contribution in [2.75, 3.05) is 0 Å². The number of rotatable bonds is 2. The molecule has 0 aromatic heterocycles. The van der Waals surface area contributed by atoms with Crippen molar-refractivity contribution >= 4 is 17.8 Å². The summed E-state index contributed by atoms with van der Waals surface area (Å²) < 4.78 is 0. The summed E-state index contributed by atoms with van der Waals surface area (Å²) in [5.41, 5.74) is 0. The molecular formula is C8H11N2NaO3. The average Bonchev–Trinajstić information content (AvgIpc) is 1.96. The Morgan fingerprint density at radius 1 is 1.50 bits per heavy atom. The molecule has 0 aromatic rings. The van der Waals surface area contributed by atoms with Crippen LogP contribution in [-0.2, 0) is 9.59 Å². The SMILES string of the molecule is CC(C)CC1C(=O)N=C([O-])NC1=O.[Na+]. The third-order valence-corrected chi connectivity index (χ3v) is 1.76. The summed E-state index contributed by atoms with van der Waals surface area (Å²) in [6, 6.07) is -0.852. The monoisotopic (exact) mass is 206 g/mol. The molecule has 6 heteroatoms. The van der Waals surface area contributed by atoms with Gasteiger partial charge >= 0.3 is 29.6 Å². The van der Waals surface area contributed by atoms with Crippen molar-refractivity contribution in [3.05, 3.63) is 0 Å². The van der Waals surface area contributed by atoms with Crippen LogP contribution in [0.2, 0.25) is 0 Å². The first-order valence-electron chi connectivity index (χ1n) is 4.11. The maximum atomic E-state index is 11.1. The van der Waals surface area contributed by atoms with Gasteiger partial charge in [-0.2, -0.15) is 0 Å². The molecule has 0 bridgehead atoms. The normalized spacial score (nSPS) is 21.4. The smallest absolute Gasteiger partial charge is 0.846 e. The summed E-state index contributed by atoms with van der Waals surface area (Å²) in [4.78, 5) is 25.4. The number of carbonyl (C=O) groups excluding carboxylic acids is 2. The van der Waals surface area contributed by atoms with Crippen LogP contribution in [0.15, 0.2) is 4.99 Å². The Bertz CT molecular complexity index is 276. The molecule has 1 aliphatic rings. The molecule has 1 aliphatic heterocycles. The molecule has 1 unspecified atom stereocenters. The van der Waals surface area contributed by atoms with Gasteiger partial charge in [0.15, 0.2) is 0 Å². The molecule has 1 atom stereocenters. The third kappa shape index (κ3) is 3.40. The van der Waals surface area contributed by atoms with Crippen LogP contribution in [0.1, 0.15) is 20.3 Å². The Kier molecular flexibility index (Phi) is 5.33. The summed E-state index contributed by atoms with van der Waals surface area (Å²) in [7, 11) is 0. The van der Waals surface area contributed by atoms with Gasteiger partial charge in [0.2, 0.25) is 5.91 Å². The van der Waals surface area contributed by atoms with Crippen LogP contribution in [0, 0.1) is 11.8 Å². The van der Waals surface area contributed by atoms with Gasteiger partial charge in [0.25, 0.3) is 5.91 Å². The number of hydrogen-bond donors (Lipinski definition) is 1. The average molecular weight is 206 g/mol. The van der Waals surface area contributed by atoms with Crippen molar-refractivity contribution in [1.82, 2.24) is 5.32 Å². The van der Waals surface area contributed by atoms with Crippen LogP contribution in [0.5, 0.6) is 0 Å². The molecule has 0 aliphatic carbocycles. The minimum Gasteiger partial charge on any atom is -0.846 e. The summed E-state index contributed by atoms with van der Waals surface area (Å²) in [5.74, 6) is -1.71. The van der Waals surface area contributed by atoms with Crippen LogP contribution >= 0.6 is 0 Å². The van der Waals surface area contributed by atoms with Gasteiger partial charge in [0, 0.05) is 0 Å². The van der Waals surface area contributed by atoms with Gasteiger partial charge in [-0.25, -0.2) is 4.99 Å². The number of amidine groups is 1. The van der Waals surface area contributed by atoms with E-state index < -0.39 is 23.8 Å². The molecule has 1 rings (SSSR count). The molecule has 14 heavy (non-hydrogen) atoms. The molecule has 0 saturated carbocycles. The van der Waals surface area contributed by atoms with Crippen LogP contribution in [0.4, 0.5) is 0 Å². The predicted octanol–water partition coefficient (Wildman–Crippen LogP) is -3.97. The maximum absolute atomic E-state index is 11.1. The molecule has 1 heterocycles. The topological polar surface area (TPSA) is 81.6 Å². The molecule has 1 N–H and O–H groups in total.